The molecule has 0 unspecified atom stereocenters. The fourth-order valence-corrected chi connectivity index (χ4v) is 5.28. The van der Waals surface area contributed by atoms with Gasteiger partial charge in [0.15, 0.2) is 11.5 Å². The molecule has 4 rings (SSSR count). The third-order valence-electron chi connectivity index (χ3n) is 5.56. The van der Waals surface area contributed by atoms with E-state index in [0.717, 1.165) is 19.3 Å². The number of piperidine rings is 2. The van der Waals surface area contributed by atoms with Crippen LogP contribution in [0.1, 0.15) is 53.2 Å². The van der Waals surface area contributed by atoms with E-state index in [1.54, 1.807) is 17.0 Å². The highest BCUT2D eigenvalue weighted by molar-refractivity contribution is 7.89. The van der Waals surface area contributed by atoms with Gasteiger partial charge in [0.2, 0.25) is 5.09 Å². The second-order valence-electron chi connectivity index (χ2n) is 7.60. The predicted octanol–water partition coefficient (Wildman–Crippen LogP) is 2.08. The van der Waals surface area contributed by atoms with E-state index in [0.29, 0.717) is 44.8 Å². The Hall–Kier alpha value is -2.59. The van der Waals surface area contributed by atoms with Gasteiger partial charge in [-0.05, 0) is 49.9 Å². The minimum absolute atomic E-state index is 0.0281. The Labute approximate surface area is 175 Å². The van der Waals surface area contributed by atoms with E-state index >= 15 is 0 Å². The molecule has 4 heterocycles. The predicted molar refractivity (Wildman–Crippen MR) is 106 cm³/mol. The number of carbonyl (C=O) groups excluding carboxylic acids is 2. The fraction of sp³-hybridized carbons (Fsp3) is 0.500. The van der Waals surface area contributed by atoms with Crippen LogP contribution < -0.4 is 5.32 Å². The molecule has 0 saturated carbocycles. The summed E-state index contributed by atoms with van der Waals surface area (Å²) in [6.45, 7) is 1.94. The molecule has 2 saturated heterocycles. The van der Waals surface area contributed by atoms with Gasteiger partial charge in [0.1, 0.15) is 0 Å². The van der Waals surface area contributed by atoms with Crippen LogP contribution in [0.2, 0.25) is 0 Å². The molecule has 162 valence electrons. The van der Waals surface area contributed by atoms with Crippen LogP contribution in [-0.4, -0.2) is 61.7 Å². The van der Waals surface area contributed by atoms with Crippen LogP contribution in [0.4, 0.5) is 0 Å². The smallest absolute Gasteiger partial charge is 0.289 e. The lowest BCUT2D eigenvalue weighted by Gasteiger charge is -2.31. The van der Waals surface area contributed by atoms with Crippen molar-refractivity contribution in [2.24, 2.45) is 0 Å². The zero-order valence-corrected chi connectivity index (χ0v) is 17.4. The van der Waals surface area contributed by atoms with Gasteiger partial charge in [-0.15, -0.1) is 0 Å². The summed E-state index contributed by atoms with van der Waals surface area (Å²) in [6, 6.07) is 5.90. The van der Waals surface area contributed by atoms with Crippen molar-refractivity contribution in [1.82, 2.24) is 14.5 Å². The number of amides is 2. The quantitative estimate of drug-likeness (QED) is 0.769. The minimum Gasteiger partial charge on any atom is -0.459 e. The van der Waals surface area contributed by atoms with Crippen LogP contribution in [0.25, 0.3) is 0 Å². The van der Waals surface area contributed by atoms with Gasteiger partial charge in [0.25, 0.3) is 21.8 Å². The number of nitrogens with zero attached hydrogens (tertiary/aromatic N) is 2. The Morgan fingerprint density at radius 2 is 1.70 bits per heavy atom. The highest BCUT2D eigenvalue weighted by Crippen LogP contribution is 2.23. The lowest BCUT2D eigenvalue weighted by atomic mass is 10.0. The van der Waals surface area contributed by atoms with Crippen molar-refractivity contribution in [1.29, 1.82) is 0 Å². The van der Waals surface area contributed by atoms with E-state index in [9.17, 15) is 18.0 Å². The van der Waals surface area contributed by atoms with E-state index in [4.69, 9.17) is 8.83 Å². The molecular formula is C20H25N3O6S. The van der Waals surface area contributed by atoms with Crippen LogP contribution in [0.15, 0.2) is 44.5 Å². The molecule has 0 radical (unpaired) electrons. The molecule has 0 aliphatic carbocycles. The highest BCUT2D eigenvalue weighted by atomic mass is 32.2. The van der Waals surface area contributed by atoms with Crippen molar-refractivity contribution in [3.05, 3.63) is 42.0 Å². The normalized spacial score (nSPS) is 19.0. The molecule has 2 fully saturated rings. The van der Waals surface area contributed by atoms with Crippen molar-refractivity contribution in [3.63, 3.8) is 0 Å². The Morgan fingerprint density at radius 3 is 2.37 bits per heavy atom. The topological polar surface area (TPSA) is 113 Å². The van der Waals surface area contributed by atoms with E-state index in [1.807, 2.05) is 0 Å². The molecular weight excluding hydrogens is 410 g/mol. The number of rotatable bonds is 5. The number of carbonyl (C=O) groups is 2. The van der Waals surface area contributed by atoms with E-state index < -0.39 is 15.9 Å². The summed E-state index contributed by atoms with van der Waals surface area (Å²) in [7, 11) is -3.71. The first kappa shape index (κ1) is 20.7. The van der Waals surface area contributed by atoms with Gasteiger partial charge in [-0.2, -0.15) is 4.31 Å². The standard InChI is InChI=1S/C20H25N3O6S/c24-19(16-6-7-18(29-16)30(26,27)23-10-2-1-3-11-23)21-15-8-12-22(13-9-15)20(25)17-5-4-14-28-17/h4-7,14-15H,1-3,8-13H2,(H,21,24). The van der Waals surface area contributed by atoms with Gasteiger partial charge in [0, 0.05) is 32.2 Å². The molecule has 0 atom stereocenters. The van der Waals surface area contributed by atoms with Gasteiger partial charge in [0.05, 0.1) is 6.26 Å². The molecule has 2 aliphatic heterocycles. The van der Waals surface area contributed by atoms with Crippen LogP contribution >= 0.6 is 0 Å². The van der Waals surface area contributed by atoms with Crippen molar-refractivity contribution in [2.45, 2.75) is 43.2 Å². The largest absolute Gasteiger partial charge is 0.459 e. The monoisotopic (exact) mass is 435 g/mol. The van der Waals surface area contributed by atoms with Crippen LogP contribution in [0, 0.1) is 0 Å². The lowest BCUT2D eigenvalue weighted by Crippen LogP contribution is -2.46. The summed E-state index contributed by atoms with van der Waals surface area (Å²) >= 11 is 0. The average Bonchev–Trinajstić information content (AvgIpc) is 3.47. The summed E-state index contributed by atoms with van der Waals surface area (Å²) in [5, 5.41) is 2.67. The van der Waals surface area contributed by atoms with E-state index in [1.165, 1.54) is 22.7 Å². The van der Waals surface area contributed by atoms with Crippen molar-refractivity contribution >= 4 is 21.8 Å². The summed E-state index contributed by atoms with van der Waals surface area (Å²) < 4.78 is 37.3. The van der Waals surface area contributed by atoms with E-state index in [-0.39, 0.29) is 22.8 Å². The van der Waals surface area contributed by atoms with Crippen molar-refractivity contribution in [2.75, 3.05) is 26.2 Å². The second kappa shape index (κ2) is 8.65. The Balaban J connectivity index is 1.32. The third kappa shape index (κ3) is 4.29. The van der Waals surface area contributed by atoms with Gasteiger partial charge >= 0.3 is 0 Å². The maximum atomic E-state index is 12.7. The number of sulfonamides is 1. The van der Waals surface area contributed by atoms with Crippen molar-refractivity contribution < 1.29 is 26.8 Å². The molecule has 0 aromatic carbocycles. The van der Waals surface area contributed by atoms with Crippen LogP contribution in [-0.2, 0) is 10.0 Å². The van der Waals surface area contributed by atoms with Crippen LogP contribution in [0.5, 0.6) is 0 Å². The minimum atomic E-state index is -3.71. The Kier molecular flexibility index (Phi) is 5.96. The molecule has 10 heteroatoms. The maximum absolute atomic E-state index is 12.7. The number of nitrogens with one attached hydrogen (secondary N) is 1. The van der Waals surface area contributed by atoms with Gasteiger partial charge < -0.3 is 19.1 Å². The molecule has 2 aromatic heterocycles. The van der Waals surface area contributed by atoms with Gasteiger partial charge in [-0.3, -0.25) is 9.59 Å². The zero-order valence-electron chi connectivity index (χ0n) is 16.6. The first-order valence-electron chi connectivity index (χ1n) is 10.2. The zero-order chi connectivity index (χ0) is 21.1. The molecule has 1 N–H and O–H groups in total. The van der Waals surface area contributed by atoms with Gasteiger partial charge in [-0.1, -0.05) is 6.42 Å². The summed E-state index contributed by atoms with van der Waals surface area (Å²) in [4.78, 5) is 26.5. The summed E-state index contributed by atoms with van der Waals surface area (Å²) in [6.07, 6.45) is 5.32. The average molecular weight is 436 g/mol. The first-order valence-corrected chi connectivity index (χ1v) is 11.6. The lowest BCUT2D eigenvalue weighted by molar-refractivity contribution is 0.0665. The Bertz CT molecular complexity index is 984. The number of hydrogen-bond donors (Lipinski definition) is 1. The second-order valence-corrected chi connectivity index (χ2v) is 9.47. The molecule has 2 aromatic rings. The molecule has 2 amide bonds. The summed E-state index contributed by atoms with van der Waals surface area (Å²) in [5.41, 5.74) is 0. The molecule has 30 heavy (non-hydrogen) atoms. The van der Waals surface area contributed by atoms with Crippen molar-refractivity contribution in [3.8, 4) is 0 Å². The number of hydrogen-bond acceptors (Lipinski definition) is 6. The SMILES string of the molecule is O=C(NC1CCN(C(=O)c2ccco2)CC1)c1ccc(S(=O)(=O)N2CCCCC2)o1. The number of likely N-dealkylation sites (tertiary alicyclic amines) is 1. The highest BCUT2D eigenvalue weighted by Gasteiger charge is 2.31. The molecule has 0 spiro atoms. The van der Waals surface area contributed by atoms with Crippen LogP contribution in [0.3, 0.4) is 0 Å². The molecule has 2 aliphatic rings. The summed E-state index contributed by atoms with van der Waals surface area (Å²) in [5.74, 6) is -0.343. The van der Waals surface area contributed by atoms with Gasteiger partial charge in [-0.25, -0.2) is 8.42 Å². The van der Waals surface area contributed by atoms with E-state index in [2.05, 4.69) is 5.32 Å². The maximum Gasteiger partial charge on any atom is 0.289 e. The fourth-order valence-electron chi connectivity index (χ4n) is 3.85. The Morgan fingerprint density at radius 1 is 0.967 bits per heavy atom. The third-order valence-corrected chi connectivity index (χ3v) is 7.34. The number of furan rings is 2. The molecule has 9 nitrogen and oxygen atoms in total. The molecule has 0 bridgehead atoms. The first-order chi connectivity index (χ1) is 14.4.